The molecule has 0 bridgehead atoms. The number of carbonyl (C=O) groups is 1. The molecule has 2 unspecified atom stereocenters. The van der Waals surface area contributed by atoms with E-state index in [0.29, 0.717) is 19.8 Å². The van der Waals surface area contributed by atoms with Crippen LogP contribution in [0.5, 0.6) is 0 Å². The summed E-state index contributed by atoms with van der Waals surface area (Å²) in [5.74, 6) is 0.821. The van der Waals surface area contributed by atoms with Crippen LogP contribution in [0.15, 0.2) is 22.8 Å². The van der Waals surface area contributed by atoms with E-state index in [9.17, 15) is 4.79 Å². The first-order chi connectivity index (χ1) is 9.22. The van der Waals surface area contributed by atoms with Gasteiger partial charge in [-0.05, 0) is 25.1 Å². The summed E-state index contributed by atoms with van der Waals surface area (Å²) in [5.41, 5.74) is 0. The quantitative estimate of drug-likeness (QED) is 0.842. The Balaban J connectivity index is 1.90. The fourth-order valence-corrected chi connectivity index (χ4v) is 2.33. The summed E-state index contributed by atoms with van der Waals surface area (Å²) in [4.78, 5) is 14.1. The molecule has 1 aliphatic rings. The molecule has 0 aliphatic carbocycles. The van der Waals surface area contributed by atoms with Gasteiger partial charge in [0.1, 0.15) is 5.76 Å². The van der Waals surface area contributed by atoms with Crippen LogP contribution in [-0.2, 0) is 16.1 Å². The van der Waals surface area contributed by atoms with Gasteiger partial charge in [0.2, 0.25) is 5.91 Å². The maximum Gasteiger partial charge on any atom is 0.229 e. The molecule has 0 saturated carbocycles. The first-order valence-corrected chi connectivity index (χ1v) is 6.81. The normalized spacial score (nSPS) is 22.6. The van der Waals surface area contributed by atoms with Crippen LogP contribution in [0.4, 0.5) is 0 Å². The number of ether oxygens (including phenoxy) is 1. The molecule has 0 aromatic carbocycles. The minimum absolute atomic E-state index is 0.0912. The van der Waals surface area contributed by atoms with Crippen molar-refractivity contribution in [3.63, 3.8) is 0 Å². The molecule has 1 aromatic rings. The third-order valence-corrected chi connectivity index (χ3v) is 3.40. The monoisotopic (exact) mass is 266 g/mol. The van der Waals surface area contributed by atoms with Crippen molar-refractivity contribution in [1.29, 1.82) is 0 Å². The summed E-state index contributed by atoms with van der Waals surface area (Å²) in [6.07, 6.45) is 2.68. The van der Waals surface area contributed by atoms with Gasteiger partial charge in [-0.3, -0.25) is 4.79 Å². The van der Waals surface area contributed by atoms with Crippen molar-refractivity contribution in [3.8, 4) is 0 Å². The largest absolute Gasteiger partial charge is 0.467 e. The molecule has 5 nitrogen and oxygen atoms in total. The summed E-state index contributed by atoms with van der Waals surface area (Å²) in [6.45, 7) is 4.65. The lowest BCUT2D eigenvalue weighted by Crippen LogP contribution is -2.44. The fourth-order valence-electron chi connectivity index (χ4n) is 2.33. The zero-order chi connectivity index (χ0) is 13.7. The van der Waals surface area contributed by atoms with Crippen LogP contribution in [0.25, 0.3) is 0 Å². The molecule has 5 heteroatoms. The van der Waals surface area contributed by atoms with Crippen LogP contribution in [0.3, 0.4) is 0 Å². The van der Waals surface area contributed by atoms with E-state index in [0.717, 1.165) is 18.7 Å². The Morgan fingerprint density at radius 2 is 2.37 bits per heavy atom. The molecular weight excluding hydrogens is 244 g/mol. The van der Waals surface area contributed by atoms with Gasteiger partial charge in [-0.15, -0.1) is 0 Å². The molecule has 0 spiro atoms. The molecule has 1 amide bonds. The third-order valence-electron chi connectivity index (χ3n) is 3.40. The Labute approximate surface area is 113 Å². The number of hydrogen-bond acceptors (Lipinski definition) is 4. The van der Waals surface area contributed by atoms with Crippen LogP contribution in [0.2, 0.25) is 0 Å². The van der Waals surface area contributed by atoms with Crippen molar-refractivity contribution in [3.05, 3.63) is 24.2 Å². The van der Waals surface area contributed by atoms with E-state index in [2.05, 4.69) is 12.2 Å². The van der Waals surface area contributed by atoms with Crippen LogP contribution < -0.4 is 5.32 Å². The first-order valence-electron chi connectivity index (χ1n) is 6.81. The number of nitrogens with zero attached hydrogens (tertiary/aromatic N) is 1. The molecule has 1 N–H and O–H groups in total. The van der Waals surface area contributed by atoms with E-state index in [1.165, 1.54) is 0 Å². The molecule has 2 rings (SSSR count). The minimum Gasteiger partial charge on any atom is -0.467 e. The van der Waals surface area contributed by atoms with Gasteiger partial charge in [0.05, 0.1) is 31.9 Å². The van der Waals surface area contributed by atoms with Gasteiger partial charge in [-0.25, -0.2) is 0 Å². The highest BCUT2D eigenvalue weighted by molar-refractivity contribution is 5.79. The highest BCUT2D eigenvalue weighted by atomic mass is 16.5. The molecule has 106 valence electrons. The Morgan fingerprint density at radius 3 is 3.05 bits per heavy atom. The molecule has 1 aliphatic heterocycles. The van der Waals surface area contributed by atoms with Gasteiger partial charge >= 0.3 is 0 Å². The van der Waals surface area contributed by atoms with Crippen LogP contribution in [-0.4, -0.2) is 43.7 Å². The molecule has 0 radical (unpaired) electrons. The lowest BCUT2D eigenvalue weighted by Gasteiger charge is -2.23. The van der Waals surface area contributed by atoms with Crippen LogP contribution in [0, 0.1) is 5.92 Å². The zero-order valence-electron chi connectivity index (χ0n) is 11.6. The molecule has 19 heavy (non-hydrogen) atoms. The second-order valence-corrected chi connectivity index (χ2v) is 4.98. The lowest BCUT2D eigenvalue weighted by atomic mass is 10.0. The number of furan rings is 1. The Bertz CT molecular complexity index is 391. The Morgan fingerprint density at radius 1 is 1.53 bits per heavy atom. The first kappa shape index (κ1) is 14.1. The average molecular weight is 266 g/mol. The number of hydrogen-bond donors (Lipinski definition) is 1. The molecule has 2 atom stereocenters. The molecule has 1 aromatic heterocycles. The van der Waals surface area contributed by atoms with Gasteiger partial charge in [0.25, 0.3) is 0 Å². The summed E-state index contributed by atoms with van der Waals surface area (Å²) >= 11 is 0. The predicted octanol–water partition coefficient (Wildman–Crippen LogP) is 1.25. The van der Waals surface area contributed by atoms with E-state index in [1.54, 1.807) is 18.2 Å². The maximum absolute atomic E-state index is 12.4. The maximum atomic E-state index is 12.4. The van der Waals surface area contributed by atoms with Crippen molar-refractivity contribution in [1.82, 2.24) is 10.2 Å². The molecule has 2 heterocycles. The van der Waals surface area contributed by atoms with E-state index in [4.69, 9.17) is 9.15 Å². The molecule has 1 fully saturated rings. The van der Waals surface area contributed by atoms with Gasteiger partial charge in [0.15, 0.2) is 0 Å². The lowest BCUT2D eigenvalue weighted by molar-refractivity contribution is -0.135. The Kier molecular flexibility index (Phi) is 4.99. The van der Waals surface area contributed by atoms with E-state index < -0.39 is 0 Å². The van der Waals surface area contributed by atoms with Gasteiger partial charge in [0, 0.05) is 13.1 Å². The SMILES string of the molecule is CCCNC1COCC1C(=O)N(C)Cc1ccco1. The summed E-state index contributed by atoms with van der Waals surface area (Å²) in [7, 11) is 1.81. The van der Waals surface area contributed by atoms with Crippen LogP contribution >= 0.6 is 0 Å². The van der Waals surface area contributed by atoms with Crippen molar-refractivity contribution in [2.45, 2.75) is 25.9 Å². The third kappa shape index (κ3) is 3.58. The summed E-state index contributed by atoms with van der Waals surface area (Å²) in [5, 5.41) is 3.38. The summed E-state index contributed by atoms with van der Waals surface area (Å²) in [6, 6.07) is 3.84. The van der Waals surface area contributed by atoms with Crippen molar-refractivity contribution in [2.24, 2.45) is 5.92 Å². The number of rotatable bonds is 6. The smallest absolute Gasteiger partial charge is 0.229 e. The summed E-state index contributed by atoms with van der Waals surface area (Å²) < 4.78 is 10.7. The van der Waals surface area contributed by atoms with Gasteiger partial charge in [-0.2, -0.15) is 0 Å². The number of amides is 1. The predicted molar refractivity (Wildman–Crippen MR) is 71.6 cm³/mol. The van der Waals surface area contributed by atoms with Gasteiger partial charge in [-0.1, -0.05) is 6.92 Å². The van der Waals surface area contributed by atoms with Crippen molar-refractivity contribution >= 4 is 5.91 Å². The molecular formula is C14H22N2O3. The number of carbonyl (C=O) groups excluding carboxylic acids is 1. The zero-order valence-corrected chi connectivity index (χ0v) is 11.6. The topological polar surface area (TPSA) is 54.7 Å². The van der Waals surface area contributed by atoms with Crippen LogP contribution in [0.1, 0.15) is 19.1 Å². The van der Waals surface area contributed by atoms with E-state index in [-0.39, 0.29) is 17.9 Å². The van der Waals surface area contributed by atoms with E-state index >= 15 is 0 Å². The van der Waals surface area contributed by atoms with Crippen molar-refractivity contribution < 1.29 is 13.9 Å². The Hall–Kier alpha value is -1.33. The standard InChI is InChI=1S/C14H22N2O3/c1-3-6-15-13-10-18-9-12(13)14(17)16(2)8-11-5-4-7-19-11/h4-5,7,12-13,15H,3,6,8-10H2,1-2H3. The second kappa shape index (κ2) is 6.73. The van der Waals surface area contributed by atoms with E-state index in [1.807, 2.05) is 12.1 Å². The number of nitrogens with one attached hydrogen (secondary N) is 1. The second-order valence-electron chi connectivity index (χ2n) is 4.98. The highest BCUT2D eigenvalue weighted by Crippen LogP contribution is 2.17. The average Bonchev–Trinajstić information content (AvgIpc) is 3.06. The molecule has 1 saturated heterocycles. The highest BCUT2D eigenvalue weighted by Gasteiger charge is 2.35. The van der Waals surface area contributed by atoms with Gasteiger partial charge < -0.3 is 19.4 Å². The minimum atomic E-state index is -0.0912. The fraction of sp³-hybridized carbons (Fsp3) is 0.643. The van der Waals surface area contributed by atoms with Crippen molar-refractivity contribution in [2.75, 3.05) is 26.8 Å².